The van der Waals surface area contributed by atoms with Crippen LogP contribution in [-0.2, 0) is 15.6 Å². The van der Waals surface area contributed by atoms with E-state index in [1.54, 1.807) is 13.0 Å². The van der Waals surface area contributed by atoms with Crippen molar-refractivity contribution in [2.24, 2.45) is 0 Å². The zero-order valence-corrected chi connectivity index (χ0v) is 9.55. The van der Waals surface area contributed by atoms with Gasteiger partial charge in [-0.3, -0.25) is 0 Å². The van der Waals surface area contributed by atoms with Crippen LogP contribution in [0.15, 0.2) is 28.9 Å². The minimum atomic E-state index is -3.18. The fourth-order valence-corrected chi connectivity index (χ4v) is 2.44. The number of hydrogen-bond donors (Lipinski definition) is 0. The lowest BCUT2D eigenvalue weighted by Gasteiger charge is -1.99. The van der Waals surface area contributed by atoms with Crippen LogP contribution in [0.2, 0.25) is 0 Å². The molecule has 16 heavy (non-hydrogen) atoms. The highest BCUT2D eigenvalue weighted by atomic mass is 32.2. The molecule has 0 atom stereocenters. The number of halogens is 1. The molecule has 2 aromatic rings. The van der Waals surface area contributed by atoms with Gasteiger partial charge in [-0.2, -0.15) is 0 Å². The van der Waals surface area contributed by atoms with Gasteiger partial charge in [0.15, 0.2) is 9.84 Å². The molecule has 0 aliphatic rings. The monoisotopic (exact) mass is 242 g/mol. The summed E-state index contributed by atoms with van der Waals surface area (Å²) < 4.78 is 41.5. The minimum absolute atomic E-state index is 0.0358. The Morgan fingerprint density at radius 3 is 2.81 bits per heavy atom. The second-order valence-corrected chi connectivity index (χ2v) is 5.90. The van der Waals surface area contributed by atoms with E-state index in [1.807, 2.05) is 0 Å². The van der Waals surface area contributed by atoms with Crippen molar-refractivity contribution in [1.82, 2.24) is 0 Å². The first-order valence-electron chi connectivity index (χ1n) is 4.88. The van der Waals surface area contributed by atoms with Crippen molar-refractivity contribution in [2.45, 2.75) is 12.7 Å². The standard InChI is InChI=1S/C11H11FO3S/c1-2-16(13,14)7-8-6-15-10-5-3-4-9(12)11(8)10/h3-6H,2,7H2,1H3. The molecule has 1 aromatic carbocycles. The van der Waals surface area contributed by atoms with Crippen molar-refractivity contribution >= 4 is 20.8 Å². The highest BCUT2D eigenvalue weighted by Crippen LogP contribution is 2.25. The average Bonchev–Trinajstić information content (AvgIpc) is 2.62. The summed E-state index contributed by atoms with van der Waals surface area (Å²) in [5.74, 6) is -0.599. The first-order chi connectivity index (χ1) is 7.53. The summed E-state index contributed by atoms with van der Waals surface area (Å²) in [6, 6.07) is 4.43. The number of rotatable bonds is 3. The largest absolute Gasteiger partial charge is 0.464 e. The molecule has 0 bridgehead atoms. The second-order valence-electron chi connectivity index (χ2n) is 3.55. The zero-order valence-electron chi connectivity index (χ0n) is 8.73. The Morgan fingerprint density at radius 2 is 2.12 bits per heavy atom. The lowest BCUT2D eigenvalue weighted by Crippen LogP contribution is -2.06. The lowest BCUT2D eigenvalue weighted by atomic mass is 10.2. The molecule has 86 valence electrons. The number of hydrogen-bond acceptors (Lipinski definition) is 3. The van der Waals surface area contributed by atoms with E-state index in [-0.39, 0.29) is 16.9 Å². The molecule has 0 aliphatic heterocycles. The molecule has 5 heteroatoms. The minimum Gasteiger partial charge on any atom is -0.464 e. The smallest absolute Gasteiger partial charge is 0.154 e. The molecule has 0 saturated heterocycles. The first kappa shape index (κ1) is 11.1. The third-order valence-corrected chi connectivity index (χ3v) is 4.07. The summed E-state index contributed by atoms with van der Waals surface area (Å²) in [5, 5.41) is 0.263. The molecule has 1 heterocycles. The van der Waals surface area contributed by atoms with Crippen molar-refractivity contribution in [1.29, 1.82) is 0 Å². The van der Waals surface area contributed by atoms with Crippen molar-refractivity contribution in [2.75, 3.05) is 5.75 Å². The molecular formula is C11H11FO3S. The van der Waals surface area contributed by atoms with E-state index in [0.717, 1.165) is 0 Å². The van der Waals surface area contributed by atoms with Crippen LogP contribution in [0.25, 0.3) is 11.0 Å². The molecule has 3 nitrogen and oxygen atoms in total. The van der Waals surface area contributed by atoms with E-state index in [9.17, 15) is 12.8 Å². The normalized spacial score (nSPS) is 12.1. The van der Waals surface area contributed by atoms with Crippen LogP contribution < -0.4 is 0 Å². The summed E-state index contributed by atoms with van der Waals surface area (Å²) in [5.41, 5.74) is 0.760. The second kappa shape index (κ2) is 3.90. The van der Waals surface area contributed by atoms with Gasteiger partial charge < -0.3 is 4.42 Å². The first-order valence-corrected chi connectivity index (χ1v) is 6.70. The van der Waals surface area contributed by atoms with Gasteiger partial charge in [-0.1, -0.05) is 13.0 Å². The molecule has 0 amide bonds. The SMILES string of the molecule is CCS(=O)(=O)Cc1coc2cccc(F)c12. The maximum absolute atomic E-state index is 13.5. The molecule has 0 N–H and O–H groups in total. The summed E-state index contributed by atoms with van der Waals surface area (Å²) in [6.07, 6.45) is 1.31. The fraction of sp³-hybridized carbons (Fsp3) is 0.273. The molecular weight excluding hydrogens is 231 g/mol. The third kappa shape index (κ3) is 1.95. The Labute approximate surface area is 92.8 Å². The van der Waals surface area contributed by atoms with Gasteiger partial charge in [0, 0.05) is 11.3 Å². The van der Waals surface area contributed by atoms with Crippen molar-refractivity contribution < 1.29 is 17.2 Å². The van der Waals surface area contributed by atoms with E-state index < -0.39 is 15.7 Å². The van der Waals surface area contributed by atoms with Gasteiger partial charge >= 0.3 is 0 Å². The van der Waals surface area contributed by atoms with E-state index in [2.05, 4.69) is 0 Å². The Bertz CT molecular complexity index is 613. The predicted molar refractivity (Wildman–Crippen MR) is 59.3 cm³/mol. The highest BCUT2D eigenvalue weighted by molar-refractivity contribution is 7.90. The summed E-state index contributed by atoms with van der Waals surface area (Å²) in [6.45, 7) is 1.56. The number of benzene rings is 1. The average molecular weight is 242 g/mol. The van der Waals surface area contributed by atoms with Crippen molar-refractivity contribution in [3.8, 4) is 0 Å². The maximum atomic E-state index is 13.5. The molecule has 2 rings (SSSR count). The Kier molecular flexibility index (Phi) is 2.71. The van der Waals surface area contributed by atoms with Gasteiger partial charge in [0.2, 0.25) is 0 Å². The Balaban J connectivity index is 2.54. The summed E-state index contributed by atoms with van der Waals surface area (Å²) >= 11 is 0. The molecule has 0 fully saturated rings. The lowest BCUT2D eigenvalue weighted by molar-refractivity contribution is 0.592. The number of sulfone groups is 1. The van der Waals surface area contributed by atoms with E-state index in [1.165, 1.54) is 18.4 Å². The molecule has 0 unspecified atom stereocenters. The number of fused-ring (bicyclic) bond motifs is 1. The van der Waals surface area contributed by atoms with Crippen LogP contribution in [0.3, 0.4) is 0 Å². The van der Waals surface area contributed by atoms with Crippen LogP contribution in [0.5, 0.6) is 0 Å². The van der Waals surface area contributed by atoms with Crippen LogP contribution >= 0.6 is 0 Å². The fourth-order valence-electron chi connectivity index (χ4n) is 1.55. The predicted octanol–water partition coefficient (Wildman–Crippen LogP) is 2.51. The summed E-state index contributed by atoms with van der Waals surface area (Å²) in [4.78, 5) is 0. The molecule has 0 saturated carbocycles. The van der Waals surface area contributed by atoms with Crippen LogP contribution in [0.4, 0.5) is 4.39 Å². The Morgan fingerprint density at radius 1 is 1.38 bits per heavy atom. The van der Waals surface area contributed by atoms with Gasteiger partial charge in [0.05, 0.1) is 17.4 Å². The van der Waals surface area contributed by atoms with Crippen molar-refractivity contribution in [3.63, 3.8) is 0 Å². The van der Waals surface area contributed by atoms with Crippen LogP contribution in [0, 0.1) is 5.82 Å². The van der Waals surface area contributed by atoms with Crippen LogP contribution in [0.1, 0.15) is 12.5 Å². The third-order valence-electron chi connectivity index (χ3n) is 2.44. The zero-order chi connectivity index (χ0) is 11.8. The van der Waals surface area contributed by atoms with Gasteiger partial charge in [0.1, 0.15) is 11.4 Å². The molecule has 1 aromatic heterocycles. The Hall–Kier alpha value is -1.36. The molecule has 0 spiro atoms. The van der Waals surface area contributed by atoms with Gasteiger partial charge in [0.25, 0.3) is 0 Å². The van der Waals surface area contributed by atoms with Gasteiger partial charge in [-0.25, -0.2) is 12.8 Å². The quantitative estimate of drug-likeness (QED) is 0.830. The van der Waals surface area contributed by atoms with Gasteiger partial charge in [-0.05, 0) is 12.1 Å². The van der Waals surface area contributed by atoms with E-state index in [4.69, 9.17) is 4.42 Å². The van der Waals surface area contributed by atoms with E-state index in [0.29, 0.717) is 11.1 Å². The van der Waals surface area contributed by atoms with Gasteiger partial charge in [-0.15, -0.1) is 0 Å². The highest BCUT2D eigenvalue weighted by Gasteiger charge is 2.16. The maximum Gasteiger partial charge on any atom is 0.154 e. The molecule has 0 aliphatic carbocycles. The topological polar surface area (TPSA) is 47.3 Å². The van der Waals surface area contributed by atoms with E-state index >= 15 is 0 Å². The van der Waals surface area contributed by atoms with Crippen molar-refractivity contribution in [3.05, 3.63) is 35.8 Å². The van der Waals surface area contributed by atoms with Crippen LogP contribution in [-0.4, -0.2) is 14.2 Å². The molecule has 0 radical (unpaired) electrons. The number of furan rings is 1. The summed E-state index contributed by atoms with van der Waals surface area (Å²) in [7, 11) is -3.18.